The highest BCUT2D eigenvalue weighted by Gasteiger charge is 2.30. The highest BCUT2D eigenvalue weighted by Crippen LogP contribution is 2.23. The smallest absolute Gasteiger partial charge is 0.328 e. The maximum absolute atomic E-state index is 12.1. The lowest BCUT2D eigenvalue weighted by molar-refractivity contribution is -0.151. The number of ether oxygens (including phenoxy) is 1. The lowest BCUT2D eigenvalue weighted by Crippen LogP contribution is -2.31. The largest absolute Gasteiger partial charge is 0.451 e. The predicted molar refractivity (Wildman–Crippen MR) is 101 cm³/mol. The maximum atomic E-state index is 12.1. The zero-order chi connectivity index (χ0) is 20.3. The van der Waals surface area contributed by atoms with Crippen LogP contribution < -0.4 is 10.0 Å². The maximum Gasteiger partial charge on any atom is 0.328 e. The predicted octanol–water partition coefficient (Wildman–Crippen LogP) is 1.23. The van der Waals surface area contributed by atoms with Crippen molar-refractivity contribution in [2.75, 3.05) is 11.9 Å². The van der Waals surface area contributed by atoms with Crippen LogP contribution in [-0.2, 0) is 24.3 Å². The monoisotopic (exact) mass is 418 g/mol. The molecule has 9 nitrogen and oxygen atoms in total. The van der Waals surface area contributed by atoms with Crippen molar-refractivity contribution >= 4 is 44.1 Å². The van der Waals surface area contributed by atoms with Crippen molar-refractivity contribution in [2.45, 2.75) is 17.9 Å². The van der Waals surface area contributed by atoms with Crippen LogP contribution in [0.1, 0.15) is 18.1 Å². The number of rotatable bonds is 5. The van der Waals surface area contributed by atoms with Gasteiger partial charge >= 0.3 is 5.97 Å². The molecule has 0 saturated heterocycles. The van der Waals surface area contributed by atoms with Crippen molar-refractivity contribution in [1.82, 2.24) is 4.72 Å². The van der Waals surface area contributed by atoms with E-state index in [4.69, 9.17) is 10.00 Å². The van der Waals surface area contributed by atoms with E-state index in [1.54, 1.807) is 29.6 Å². The van der Waals surface area contributed by atoms with E-state index in [9.17, 15) is 18.0 Å². The molecule has 2 aromatic rings. The number of amides is 1. The van der Waals surface area contributed by atoms with Gasteiger partial charge in [0.2, 0.25) is 0 Å². The van der Waals surface area contributed by atoms with E-state index in [-0.39, 0.29) is 10.7 Å². The van der Waals surface area contributed by atoms with Gasteiger partial charge < -0.3 is 10.1 Å². The van der Waals surface area contributed by atoms with Crippen LogP contribution in [0, 0.1) is 11.3 Å². The molecular formula is C17H14N4O5S2. The quantitative estimate of drug-likeness (QED) is 0.701. The third kappa shape index (κ3) is 4.03. The SMILES string of the molecule is CC(OC(=O)CN=C1NS(=O)(=O)c2ccccc21)C(=O)Nc1sccc1C#N. The highest BCUT2D eigenvalue weighted by atomic mass is 32.2. The lowest BCUT2D eigenvalue weighted by Gasteiger charge is -2.12. The summed E-state index contributed by atoms with van der Waals surface area (Å²) in [6.45, 7) is 0.917. The Balaban J connectivity index is 1.61. The zero-order valence-corrected chi connectivity index (χ0v) is 16.1. The number of sulfonamides is 1. The number of carbonyl (C=O) groups excluding carboxylic acids is 2. The van der Waals surface area contributed by atoms with Gasteiger partial charge in [0.25, 0.3) is 15.9 Å². The Morgan fingerprint density at radius 1 is 1.36 bits per heavy atom. The van der Waals surface area contributed by atoms with Crippen molar-refractivity contribution in [1.29, 1.82) is 5.26 Å². The van der Waals surface area contributed by atoms with Crippen LogP contribution in [0.5, 0.6) is 0 Å². The van der Waals surface area contributed by atoms with Gasteiger partial charge in [0.15, 0.2) is 6.10 Å². The molecule has 144 valence electrons. The molecule has 1 atom stereocenters. The summed E-state index contributed by atoms with van der Waals surface area (Å²) in [5, 5.41) is 13.5. The van der Waals surface area contributed by atoms with Crippen molar-refractivity contribution in [3.63, 3.8) is 0 Å². The normalized spacial score (nSPS) is 16.5. The van der Waals surface area contributed by atoms with E-state index in [1.807, 2.05) is 6.07 Å². The average Bonchev–Trinajstić information content (AvgIpc) is 3.22. The van der Waals surface area contributed by atoms with Gasteiger partial charge in [0.05, 0.1) is 10.5 Å². The summed E-state index contributed by atoms with van der Waals surface area (Å²) >= 11 is 1.18. The molecule has 1 aromatic carbocycles. The number of hydrogen-bond acceptors (Lipinski definition) is 8. The van der Waals surface area contributed by atoms with E-state index in [1.165, 1.54) is 24.3 Å². The topological polar surface area (TPSA) is 138 Å². The number of aliphatic imine (C=N–C) groups is 1. The van der Waals surface area contributed by atoms with E-state index in [2.05, 4.69) is 15.0 Å². The van der Waals surface area contributed by atoms with E-state index in [0.29, 0.717) is 16.1 Å². The second kappa shape index (κ2) is 7.79. The summed E-state index contributed by atoms with van der Waals surface area (Å²) in [5.74, 6) is -1.35. The van der Waals surface area contributed by atoms with Crippen molar-refractivity contribution in [3.8, 4) is 6.07 Å². The van der Waals surface area contributed by atoms with Crippen LogP contribution in [0.25, 0.3) is 0 Å². The summed E-state index contributed by atoms with van der Waals surface area (Å²) in [5.41, 5.74) is 0.679. The van der Waals surface area contributed by atoms with Crippen molar-refractivity contribution in [3.05, 3.63) is 46.8 Å². The van der Waals surface area contributed by atoms with Gasteiger partial charge in [0, 0.05) is 5.56 Å². The van der Waals surface area contributed by atoms with E-state index in [0.717, 1.165) is 0 Å². The summed E-state index contributed by atoms with van der Waals surface area (Å²) in [6.07, 6.45) is -1.12. The number of nitrogens with zero attached hydrogens (tertiary/aromatic N) is 2. The molecule has 1 unspecified atom stereocenters. The molecule has 0 fully saturated rings. The third-order valence-electron chi connectivity index (χ3n) is 3.73. The second-order valence-electron chi connectivity index (χ2n) is 5.66. The fourth-order valence-electron chi connectivity index (χ4n) is 2.39. The number of anilines is 1. The van der Waals surface area contributed by atoms with Gasteiger partial charge in [-0.15, -0.1) is 11.3 Å². The number of thiophene rings is 1. The molecule has 1 amide bonds. The molecule has 1 aromatic heterocycles. The van der Waals surface area contributed by atoms with Crippen LogP contribution >= 0.6 is 11.3 Å². The molecule has 0 saturated carbocycles. The number of amidine groups is 1. The molecule has 0 spiro atoms. The van der Waals surface area contributed by atoms with Gasteiger partial charge in [-0.25, -0.2) is 8.42 Å². The van der Waals surface area contributed by atoms with Crippen LogP contribution in [0.2, 0.25) is 0 Å². The van der Waals surface area contributed by atoms with Crippen LogP contribution in [0.15, 0.2) is 45.6 Å². The molecule has 28 heavy (non-hydrogen) atoms. The number of nitrogens with one attached hydrogen (secondary N) is 2. The van der Waals surface area contributed by atoms with Crippen LogP contribution in [0.3, 0.4) is 0 Å². The Hall–Kier alpha value is -3.23. The summed E-state index contributed by atoms with van der Waals surface area (Å²) in [6, 6.07) is 9.75. The summed E-state index contributed by atoms with van der Waals surface area (Å²) in [4.78, 5) is 28.1. The van der Waals surface area contributed by atoms with Gasteiger partial charge in [-0.3, -0.25) is 19.3 Å². The summed E-state index contributed by atoms with van der Waals surface area (Å²) < 4.78 is 31.3. The van der Waals surface area contributed by atoms with Crippen LogP contribution in [0.4, 0.5) is 5.00 Å². The lowest BCUT2D eigenvalue weighted by atomic mass is 10.2. The van der Waals surface area contributed by atoms with Gasteiger partial charge in [-0.05, 0) is 30.5 Å². The minimum atomic E-state index is -3.70. The van der Waals surface area contributed by atoms with E-state index >= 15 is 0 Å². The molecule has 1 aliphatic heterocycles. The molecule has 0 bridgehead atoms. The molecule has 0 aliphatic carbocycles. The number of carbonyl (C=O) groups is 2. The average molecular weight is 418 g/mol. The van der Waals surface area contributed by atoms with Gasteiger partial charge in [-0.1, -0.05) is 12.1 Å². The van der Waals surface area contributed by atoms with Gasteiger partial charge in [-0.2, -0.15) is 5.26 Å². The Kier molecular flexibility index (Phi) is 5.43. The van der Waals surface area contributed by atoms with Crippen LogP contribution in [-0.4, -0.2) is 38.8 Å². The Bertz CT molecular complexity index is 1110. The molecule has 3 rings (SSSR count). The highest BCUT2D eigenvalue weighted by molar-refractivity contribution is 7.90. The van der Waals surface area contributed by atoms with Gasteiger partial charge in [0.1, 0.15) is 23.5 Å². The first kappa shape index (κ1) is 19.5. The standard InChI is InChI=1S/C17H14N4O5S2/c1-10(16(23)20-17-11(8-18)6-7-27-17)26-14(22)9-19-15-12-4-2-3-5-13(12)28(24,25)21-15/h2-7,10H,9H2,1H3,(H,19,21)(H,20,23). The Morgan fingerprint density at radius 3 is 2.86 bits per heavy atom. The fraction of sp³-hybridized carbons (Fsp3) is 0.176. The molecule has 0 radical (unpaired) electrons. The first-order chi connectivity index (χ1) is 13.3. The molecule has 2 heterocycles. The zero-order valence-electron chi connectivity index (χ0n) is 14.5. The van der Waals surface area contributed by atoms with E-state index < -0.39 is 34.5 Å². The third-order valence-corrected chi connectivity index (χ3v) is 5.96. The van der Waals surface area contributed by atoms with Crippen molar-refractivity contribution < 1.29 is 22.7 Å². The molecule has 2 N–H and O–H groups in total. The number of esters is 1. The second-order valence-corrected chi connectivity index (χ2v) is 8.23. The summed E-state index contributed by atoms with van der Waals surface area (Å²) in [7, 11) is -3.70. The number of fused-ring (bicyclic) bond motifs is 1. The Morgan fingerprint density at radius 2 is 2.11 bits per heavy atom. The first-order valence-electron chi connectivity index (χ1n) is 7.96. The minimum absolute atomic E-state index is 0.0434. The molecular weight excluding hydrogens is 404 g/mol. The number of nitriles is 1. The van der Waals surface area contributed by atoms with Crippen molar-refractivity contribution in [2.24, 2.45) is 4.99 Å². The number of hydrogen-bond donors (Lipinski definition) is 2. The molecule has 1 aliphatic rings. The fourth-order valence-corrected chi connectivity index (χ4v) is 4.38. The first-order valence-corrected chi connectivity index (χ1v) is 10.3. The number of benzene rings is 1. The molecule has 11 heteroatoms. The minimum Gasteiger partial charge on any atom is -0.451 e. The Labute approximate surface area is 164 Å².